The monoisotopic (exact) mass is 428 g/mol. The van der Waals surface area contributed by atoms with Crippen LogP contribution in [0.5, 0.6) is 11.5 Å². The fraction of sp³-hybridized carbons (Fsp3) is 0.0870. The van der Waals surface area contributed by atoms with Gasteiger partial charge in [0.05, 0.1) is 19.0 Å². The Balaban J connectivity index is 1.38. The van der Waals surface area contributed by atoms with Gasteiger partial charge in [-0.3, -0.25) is 4.79 Å². The van der Waals surface area contributed by atoms with E-state index in [9.17, 15) is 4.79 Å². The summed E-state index contributed by atoms with van der Waals surface area (Å²) in [4.78, 5) is 12.3. The number of carbonyl (C=O) groups excluding carboxylic acids is 1. The van der Waals surface area contributed by atoms with Gasteiger partial charge in [0.2, 0.25) is 0 Å². The van der Waals surface area contributed by atoms with Crippen LogP contribution in [0.25, 0.3) is 5.69 Å². The first kappa shape index (κ1) is 20.7. The molecule has 0 fully saturated rings. The first-order valence-electron chi connectivity index (χ1n) is 9.74. The van der Waals surface area contributed by atoms with E-state index in [2.05, 4.69) is 26.1 Å². The zero-order chi connectivity index (χ0) is 22.2. The molecule has 0 radical (unpaired) electrons. The SMILES string of the molecule is COc1ccc(C=NNC(=O)c2ccc(-n3cnnn3)cc2)cc1OCc1ccccc1. The van der Waals surface area contributed by atoms with Crippen LogP contribution >= 0.6 is 0 Å². The number of carbonyl (C=O) groups is 1. The van der Waals surface area contributed by atoms with Crippen molar-refractivity contribution in [3.05, 3.63) is 95.8 Å². The first-order chi connectivity index (χ1) is 15.7. The van der Waals surface area contributed by atoms with Crippen LogP contribution in [0.3, 0.4) is 0 Å². The van der Waals surface area contributed by atoms with Crippen molar-refractivity contribution in [2.24, 2.45) is 5.10 Å². The zero-order valence-corrected chi connectivity index (χ0v) is 17.3. The van der Waals surface area contributed by atoms with Crippen LogP contribution in [0.2, 0.25) is 0 Å². The Morgan fingerprint density at radius 2 is 1.88 bits per heavy atom. The molecular weight excluding hydrogens is 408 g/mol. The second-order valence-corrected chi connectivity index (χ2v) is 6.68. The third-order valence-electron chi connectivity index (χ3n) is 4.55. The molecule has 1 aromatic heterocycles. The fourth-order valence-electron chi connectivity index (χ4n) is 2.90. The Labute approximate surface area is 184 Å². The average molecular weight is 428 g/mol. The quantitative estimate of drug-likeness (QED) is 0.342. The van der Waals surface area contributed by atoms with Gasteiger partial charge >= 0.3 is 0 Å². The molecule has 0 aliphatic rings. The minimum atomic E-state index is -0.335. The lowest BCUT2D eigenvalue weighted by atomic mass is 10.2. The largest absolute Gasteiger partial charge is 0.493 e. The number of hydrogen-bond donors (Lipinski definition) is 1. The molecule has 4 rings (SSSR count). The van der Waals surface area contributed by atoms with E-state index in [1.54, 1.807) is 49.7 Å². The number of hydrogen-bond acceptors (Lipinski definition) is 7. The molecule has 0 aliphatic heterocycles. The van der Waals surface area contributed by atoms with Crippen molar-refractivity contribution in [1.29, 1.82) is 0 Å². The Morgan fingerprint density at radius 3 is 2.59 bits per heavy atom. The Bertz CT molecular complexity index is 1190. The van der Waals surface area contributed by atoms with Gasteiger partial charge in [0.25, 0.3) is 5.91 Å². The third kappa shape index (κ3) is 5.14. The minimum absolute atomic E-state index is 0.335. The maximum absolute atomic E-state index is 12.3. The molecule has 3 aromatic carbocycles. The molecule has 9 nitrogen and oxygen atoms in total. The lowest BCUT2D eigenvalue weighted by Crippen LogP contribution is -2.17. The number of tetrazole rings is 1. The molecule has 1 amide bonds. The maximum atomic E-state index is 12.3. The summed E-state index contributed by atoms with van der Waals surface area (Å²) in [5.74, 6) is 0.869. The van der Waals surface area contributed by atoms with E-state index < -0.39 is 0 Å². The van der Waals surface area contributed by atoms with Gasteiger partial charge in [-0.2, -0.15) is 5.10 Å². The van der Waals surface area contributed by atoms with Crippen LogP contribution in [0.15, 0.2) is 84.2 Å². The van der Waals surface area contributed by atoms with Gasteiger partial charge < -0.3 is 9.47 Å². The minimum Gasteiger partial charge on any atom is -0.493 e. The van der Waals surface area contributed by atoms with Gasteiger partial charge in [0, 0.05) is 5.56 Å². The van der Waals surface area contributed by atoms with Gasteiger partial charge in [-0.15, -0.1) is 5.10 Å². The predicted molar refractivity (Wildman–Crippen MR) is 118 cm³/mol. The van der Waals surface area contributed by atoms with Crippen molar-refractivity contribution >= 4 is 12.1 Å². The first-order valence-corrected chi connectivity index (χ1v) is 9.74. The van der Waals surface area contributed by atoms with Crippen LogP contribution in [0.1, 0.15) is 21.5 Å². The summed E-state index contributed by atoms with van der Waals surface area (Å²) in [6.07, 6.45) is 3.02. The van der Waals surface area contributed by atoms with Crippen LogP contribution in [0.4, 0.5) is 0 Å². The molecule has 32 heavy (non-hydrogen) atoms. The number of aromatic nitrogens is 4. The summed E-state index contributed by atoms with van der Waals surface area (Å²) in [5.41, 5.74) is 5.53. The van der Waals surface area contributed by atoms with Crippen molar-refractivity contribution in [2.45, 2.75) is 6.61 Å². The topological polar surface area (TPSA) is 104 Å². The maximum Gasteiger partial charge on any atom is 0.271 e. The number of ether oxygens (including phenoxy) is 2. The van der Waals surface area contributed by atoms with Crippen molar-refractivity contribution < 1.29 is 14.3 Å². The fourth-order valence-corrected chi connectivity index (χ4v) is 2.90. The molecule has 160 valence electrons. The summed E-state index contributed by atoms with van der Waals surface area (Å²) < 4.78 is 12.8. The number of rotatable bonds is 8. The second-order valence-electron chi connectivity index (χ2n) is 6.68. The number of amides is 1. The molecule has 1 N–H and O–H groups in total. The van der Waals surface area contributed by atoms with Gasteiger partial charge in [-0.25, -0.2) is 10.1 Å². The molecule has 4 aromatic rings. The van der Waals surface area contributed by atoms with Crippen molar-refractivity contribution in [3.8, 4) is 17.2 Å². The number of methoxy groups -OCH3 is 1. The second kappa shape index (κ2) is 9.98. The Kier molecular flexibility index (Phi) is 6.47. The third-order valence-corrected chi connectivity index (χ3v) is 4.55. The van der Waals surface area contributed by atoms with E-state index in [4.69, 9.17) is 9.47 Å². The van der Waals surface area contributed by atoms with Crippen LogP contribution in [-0.2, 0) is 6.61 Å². The predicted octanol–water partition coefficient (Wildman–Crippen LogP) is 3.01. The lowest BCUT2D eigenvalue weighted by molar-refractivity contribution is 0.0955. The highest BCUT2D eigenvalue weighted by Gasteiger charge is 2.07. The normalized spacial score (nSPS) is 10.8. The van der Waals surface area contributed by atoms with Crippen LogP contribution < -0.4 is 14.9 Å². The van der Waals surface area contributed by atoms with Crippen LogP contribution in [0, 0.1) is 0 Å². The molecule has 0 bridgehead atoms. The molecular formula is C23H20N6O3. The molecule has 0 saturated carbocycles. The number of nitrogens with one attached hydrogen (secondary N) is 1. The van der Waals surface area contributed by atoms with Gasteiger partial charge in [0.15, 0.2) is 11.5 Å². The van der Waals surface area contributed by atoms with E-state index in [0.717, 1.165) is 16.8 Å². The van der Waals surface area contributed by atoms with E-state index in [-0.39, 0.29) is 5.91 Å². The average Bonchev–Trinajstić information content (AvgIpc) is 3.39. The van der Waals surface area contributed by atoms with Crippen molar-refractivity contribution in [2.75, 3.05) is 7.11 Å². The molecule has 0 atom stereocenters. The van der Waals surface area contributed by atoms with Crippen LogP contribution in [-0.4, -0.2) is 39.4 Å². The van der Waals surface area contributed by atoms with E-state index in [1.807, 2.05) is 36.4 Å². The van der Waals surface area contributed by atoms with Gasteiger partial charge in [0.1, 0.15) is 12.9 Å². The molecule has 1 heterocycles. The lowest BCUT2D eigenvalue weighted by Gasteiger charge is -2.11. The van der Waals surface area contributed by atoms with Gasteiger partial charge in [-0.1, -0.05) is 30.3 Å². The van der Waals surface area contributed by atoms with Crippen molar-refractivity contribution in [3.63, 3.8) is 0 Å². The molecule has 0 spiro atoms. The van der Waals surface area contributed by atoms with E-state index >= 15 is 0 Å². The Morgan fingerprint density at radius 1 is 1.06 bits per heavy atom. The Hall–Kier alpha value is -4.53. The zero-order valence-electron chi connectivity index (χ0n) is 17.3. The number of hydrazone groups is 1. The smallest absolute Gasteiger partial charge is 0.271 e. The highest BCUT2D eigenvalue weighted by atomic mass is 16.5. The summed E-state index contributed by atoms with van der Waals surface area (Å²) >= 11 is 0. The molecule has 0 saturated heterocycles. The molecule has 9 heteroatoms. The highest BCUT2D eigenvalue weighted by Crippen LogP contribution is 2.28. The standard InChI is InChI=1S/C23H20N6O3/c1-31-21-12-7-18(13-22(21)32-15-17-5-3-2-4-6-17)14-24-26-23(30)19-8-10-20(11-9-19)29-16-25-27-28-29/h2-14,16H,15H2,1H3,(H,26,30). The summed E-state index contributed by atoms with van der Waals surface area (Å²) in [7, 11) is 1.59. The number of nitrogens with zero attached hydrogens (tertiary/aromatic N) is 5. The van der Waals surface area contributed by atoms with E-state index in [1.165, 1.54) is 11.0 Å². The summed E-state index contributed by atoms with van der Waals surface area (Å²) in [6, 6.07) is 22.1. The molecule has 0 unspecified atom stereocenters. The van der Waals surface area contributed by atoms with E-state index in [0.29, 0.717) is 23.7 Å². The summed E-state index contributed by atoms with van der Waals surface area (Å²) in [6.45, 7) is 0.412. The highest BCUT2D eigenvalue weighted by molar-refractivity contribution is 5.95. The molecule has 0 aliphatic carbocycles. The van der Waals surface area contributed by atoms with Crippen molar-refractivity contribution in [1.82, 2.24) is 25.6 Å². The summed E-state index contributed by atoms with van der Waals surface area (Å²) in [5, 5.41) is 15.0. The van der Waals surface area contributed by atoms with Gasteiger partial charge in [-0.05, 0) is 64.0 Å². The number of benzene rings is 3.